The van der Waals surface area contributed by atoms with Gasteiger partial charge in [0.25, 0.3) is 5.91 Å². The Balaban J connectivity index is 1.46. The molecule has 1 amide bonds. The summed E-state index contributed by atoms with van der Waals surface area (Å²) >= 11 is 7.39. The average Bonchev–Trinajstić information content (AvgIpc) is 3.08. The van der Waals surface area contributed by atoms with Gasteiger partial charge in [-0.25, -0.2) is 10.0 Å². The van der Waals surface area contributed by atoms with E-state index in [4.69, 9.17) is 11.6 Å². The molecule has 0 unspecified atom stereocenters. The summed E-state index contributed by atoms with van der Waals surface area (Å²) in [7, 11) is 0. The molecule has 0 radical (unpaired) electrons. The molecule has 2 aromatic carbocycles. The van der Waals surface area contributed by atoms with E-state index < -0.39 is 12.1 Å². The van der Waals surface area contributed by atoms with Gasteiger partial charge in [0, 0.05) is 16.1 Å². The van der Waals surface area contributed by atoms with Crippen LogP contribution < -0.4 is 5.01 Å². The van der Waals surface area contributed by atoms with Crippen LogP contribution in [0.5, 0.6) is 0 Å². The van der Waals surface area contributed by atoms with Gasteiger partial charge in [0.05, 0.1) is 11.6 Å². The van der Waals surface area contributed by atoms with Crippen LogP contribution in [0.1, 0.15) is 0 Å². The van der Waals surface area contributed by atoms with Gasteiger partial charge in [-0.2, -0.15) is 5.10 Å². The van der Waals surface area contributed by atoms with Crippen LogP contribution in [-0.2, 0) is 4.79 Å². The Morgan fingerprint density at radius 2 is 1.84 bits per heavy atom. The summed E-state index contributed by atoms with van der Waals surface area (Å²) in [5, 5.41) is 16.6. The predicted octanol–water partition coefficient (Wildman–Crippen LogP) is 4.05. The molecule has 0 N–H and O–H groups in total. The van der Waals surface area contributed by atoms with Crippen molar-refractivity contribution in [2.75, 3.05) is 10.9 Å². The second-order valence-corrected chi connectivity index (χ2v) is 7.01. The second-order valence-electron chi connectivity index (χ2n) is 5.55. The third-order valence-electron chi connectivity index (χ3n) is 3.93. The lowest BCUT2D eigenvalue weighted by molar-refractivity contribution is -0.134. The molecule has 8 heteroatoms. The molecule has 0 aromatic heterocycles. The molecular weight excluding hydrogens is 358 g/mol. The molecule has 2 heterocycles. The number of halogens is 1. The zero-order chi connectivity index (χ0) is 17.2. The molecule has 2 aromatic rings. The minimum absolute atomic E-state index is 0.0938. The minimum atomic E-state index is -0.413. The standard InChI is InChI=1S/C17H14ClN5OS/c18-12-6-8-14(9-7-12)25-11-22-17(24)15-10-19-23(16(15)20-21-22)13-4-2-1-3-5-13/h1-10,15-16H,11H2/t15-,16+/m0/s1. The van der Waals surface area contributed by atoms with Gasteiger partial charge in [0.2, 0.25) is 0 Å². The highest BCUT2D eigenvalue weighted by Gasteiger charge is 2.42. The van der Waals surface area contributed by atoms with Crippen molar-refractivity contribution in [3.63, 3.8) is 0 Å². The number of fused-ring (bicyclic) bond motifs is 1. The summed E-state index contributed by atoms with van der Waals surface area (Å²) in [5.74, 6) is -0.112. The number of amides is 1. The molecule has 126 valence electrons. The quantitative estimate of drug-likeness (QED) is 0.762. The van der Waals surface area contributed by atoms with E-state index in [9.17, 15) is 4.79 Å². The summed E-state index contributed by atoms with van der Waals surface area (Å²) in [4.78, 5) is 13.7. The van der Waals surface area contributed by atoms with Crippen LogP contribution in [0.25, 0.3) is 0 Å². The number of nitrogens with zero attached hydrogens (tertiary/aromatic N) is 5. The summed E-state index contributed by atoms with van der Waals surface area (Å²) in [5.41, 5.74) is 0.891. The maximum absolute atomic E-state index is 12.7. The van der Waals surface area contributed by atoms with Crippen molar-refractivity contribution in [1.29, 1.82) is 0 Å². The number of anilines is 1. The van der Waals surface area contributed by atoms with Gasteiger partial charge in [-0.05, 0) is 36.4 Å². The first-order valence-corrected chi connectivity index (χ1v) is 9.07. The van der Waals surface area contributed by atoms with Crippen molar-refractivity contribution in [1.82, 2.24) is 5.01 Å². The second kappa shape index (κ2) is 6.85. The lowest BCUT2D eigenvalue weighted by Crippen LogP contribution is -2.44. The Kier molecular flexibility index (Phi) is 4.42. The van der Waals surface area contributed by atoms with Crippen LogP contribution in [0.2, 0.25) is 5.02 Å². The minimum Gasteiger partial charge on any atom is -0.272 e. The van der Waals surface area contributed by atoms with E-state index in [1.54, 1.807) is 11.2 Å². The lowest BCUT2D eigenvalue weighted by Gasteiger charge is -2.29. The largest absolute Gasteiger partial charge is 0.272 e. The molecule has 0 bridgehead atoms. The van der Waals surface area contributed by atoms with E-state index >= 15 is 0 Å². The highest BCUT2D eigenvalue weighted by molar-refractivity contribution is 7.99. The summed E-state index contributed by atoms with van der Waals surface area (Å²) in [6.45, 7) is 0. The number of rotatable bonds is 4. The Hall–Kier alpha value is -2.38. The molecule has 0 fully saturated rings. The van der Waals surface area contributed by atoms with Crippen LogP contribution in [0.3, 0.4) is 0 Å². The Bertz CT molecular complexity index is 827. The van der Waals surface area contributed by atoms with Crippen molar-refractivity contribution in [2.24, 2.45) is 21.4 Å². The third kappa shape index (κ3) is 3.25. The fraction of sp³-hybridized carbons (Fsp3) is 0.176. The van der Waals surface area contributed by atoms with Crippen LogP contribution in [0, 0.1) is 5.92 Å². The summed E-state index contributed by atoms with van der Waals surface area (Å²) in [6.07, 6.45) is 1.24. The highest BCUT2D eigenvalue weighted by Crippen LogP contribution is 2.31. The fourth-order valence-corrected chi connectivity index (χ4v) is 3.55. The number of hydrogen-bond donors (Lipinski definition) is 0. The van der Waals surface area contributed by atoms with Crippen molar-refractivity contribution in [3.05, 3.63) is 59.6 Å². The first kappa shape index (κ1) is 16.1. The van der Waals surface area contributed by atoms with E-state index in [0.717, 1.165) is 10.6 Å². The summed E-state index contributed by atoms with van der Waals surface area (Å²) in [6, 6.07) is 17.1. The molecule has 2 aliphatic rings. The number of hydrogen-bond acceptors (Lipinski definition) is 6. The van der Waals surface area contributed by atoms with Crippen LogP contribution >= 0.6 is 23.4 Å². The fourth-order valence-electron chi connectivity index (χ4n) is 2.64. The maximum atomic E-state index is 12.7. The van der Waals surface area contributed by atoms with Crippen LogP contribution in [-0.4, -0.2) is 29.2 Å². The van der Waals surface area contributed by atoms with E-state index in [2.05, 4.69) is 15.4 Å². The number of hydrazone groups is 1. The van der Waals surface area contributed by atoms with Gasteiger partial charge in [-0.15, -0.1) is 16.9 Å². The van der Waals surface area contributed by atoms with E-state index in [1.807, 2.05) is 54.6 Å². The van der Waals surface area contributed by atoms with E-state index in [-0.39, 0.29) is 5.91 Å². The van der Waals surface area contributed by atoms with E-state index in [1.165, 1.54) is 16.8 Å². The van der Waals surface area contributed by atoms with Crippen LogP contribution in [0.15, 0.2) is 74.9 Å². The predicted molar refractivity (Wildman–Crippen MR) is 98.6 cm³/mol. The van der Waals surface area contributed by atoms with Gasteiger partial charge >= 0.3 is 0 Å². The molecule has 0 aliphatic carbocycles. The molecule has 4 rings (SSSR count). The van der Waals surface area contributed by atoms with Gasteiger partial charge in [0.15, 0.2) is 6.17 Å². The molecule has 0 saturated carbocycles. The zero-order valence-corrected chi connectivity index (χ0v) is 14.6. The SMILES string of the molecule is O=C1[C@H]2C=NN(c3ccccc3)[C@H]2N=NN1CSc1ccc(Cl)cc1. The number of carbonyl (C=O) groups excluding carboxylic acids is 1. The Labute approximate surface area is 154 Å². The van der Waals surface area contributed by atoms with Gasteiger partial charge < -0.3 is 0 Å². The first-order chi connectivity index (χ1) is 12.2. The number of thioether (sulfide) groups is 1. The number of para-hydroxylation sites is 1. The lowest BCUT2D eigenvalue weighted by atomic mass is 10.1. The van der Waals surface area contributed by atoms with Crippen molar-refractivity contribution in [3.8, 4) is 0 Å². The van der Waals surface area contributed by atoms with Gasteiger partial charge in [0.1, 0.15) is 5.92 Å². The Morgan fingerprint density at radius 1 is 1.08 bits per heavy atom. The third-order valence-corrected chi connectivity index (χ3v) is 5.16. The first-order valence-electron chi connectivity index (χ1n) is 7.71. The smallest absolute Gasteiger partial charge is 0.257 e. The molecule has 0 saturated heterocycles. The topological polar surface area (TPSA) is 60.6 Å². The van der Waals surface area contributed by atoms with Gasteiger partial charge in [-0.1, -0.05) is 35.0 Å². The zero-order valence-electron chi connectivity index (χ0n) is 13.1. The number of carbonyl (C=O) groups is 1. The number of benzene rings is 2. The molecule has 2 atom stereocenters. The van der Waals surface area contributed by atoms with Crippen LogP contribution in [0.4, 0.5) is 5.69 Å². The highest BCUT2D eigenvalue weighted by atomic mass is 35.5. The molecule has 25 heavy (non-hydrogen) atoms. The van der Waals surface area contributed by atoms with Crippen molar-refractivity contribution < 1.29 is 4.79 Å². The maximum Gasteiger partial charge on any atom is 0.257 e. The van der Waals surface area contributed by atoms with E-state index in [0.29, 0.717) is 10.9 Å². The average molecular weight is 372 g/mol. The molecule has 6 nitrogen and oxygen atoms in total. The van der Waals surface area contributed by atoms with Crippen molar-refractivity contribution in [2.45, 2.75) is 11.1 Å². The molecule has 2 aliphatic heterocycles. The normalized spacial score (nSPS) is 21.7. The monoisotopic (exact) mass is 371 g/mol. The van der Waals surface area contributed by atoms with Gasteiger partial charge in [-0.3, -0.25) is 4.79 Å². The van der Waals surface area contributed by atoms with Crippen molar-refractivity contribution >= 4 is 41.2 Å². The molecule has 0 spiro atoms. The molecular formula is C17H14ClN5OS. The summed E-state index contributed by atoms with van der Waals surface area (Å²) < 4.78 is 0. The Morgan fingerprint density at radius 3 is 2.60 bits per heavy atom.